The van der Waals surface area contributed by atoms with E-state index in [4.69, 9.17) is 14.2 Å². The van der Waals surface area contributed by atoms with E-state index in [1.807, 2.05) is 0 Å². The van der Waals surface area contributed by atoms with Gasteiger partial charge in [0, 0.05) is 19.2 Å². The highest BCUT2D eigenvalue weighted by Gasteiger charge is 2.23. The molecular weight excluding hydrogens is 294 g/mol. The van der Waals surface area contributed by atoms with E-state index >= 15 is 0 Å². The molecule has 118 valence electrons. The number of sulfonamides is 1. The average Bonchev–Trinajstić information content (AvgIpc) is 2.98. The molecule has 0 bridgehead atoms. The number of rotatable bonds is 6. The van der Waals surface area contributed by atoms with Crippen molar-refractivity contribution in [2.45, 2.75) is 30.8 Å². The summed E-state index contributed by atoms with van der Waals surface area (Å²) in [5.74, 6) is 0.897. The Balaban J connectivity index is 2.22. The molecule has 1 fully saturated rings. The minimum atomic E-state index is -3.60. The lowest BCUT2D eigenvalue weighted by atomic mass is 10.2. The molecule has 1 heterocycles. The van der Waals surface area contributed by atoms with Gasteiger partial charge in [-0.3, -0.25) is 0 Å². The van der Waals surface area contributed by atoms with Crippen molar-refractivity contribution in [3.63, 3.8) is 0 Å². The van der Waals surface area contributed by atoms with Gasteiger partial charge in [-0.05, 0) is 31.4 Å². The van der Waals surface area contributed by atoms with E-state index < -0.39 is 10.0 Å². The Hall–Kier alpha value is -1.31. The van der Waals surface area contributed by atoms with Crippen molar-refractivity contribution in [3.8, 4) is 11.5 Å². The van der Waals surface area contributed by atoms with Gasteiger partial charge >= 0.3 is 0 Å². The minimum Gasteiger partial charge on any atom is -0.493 e. The summed E-state index contributed by atoms with van der Waals surface area (Å²) < 4.78 is 43.2. The van der Waals surface area contributed by atoms with Crippen molar-refractivity contribution in [2.24, 2.45) is 0 Å². The fourth-order valence-corrected chi connectivity index (χ4v) is 3.64. The first kappa shape index (κ1) is 16.1. The number of benzene rings is 1. The fraction of sp³-hybridized carbons (Fsp3) is 0.571. The zero-order chi connectivity index (χ0) is 15.5. The highest BCUT2D eigenvalue weighted by atomic mass is 32.2. The summed E-state index contributed by atoms with van der Waals surface area (Å²) in [6.45, 7) is 2.71. The largest absolute Gasteiger partial charge is 0.493 e. The van der Waals surface area contributed by atoms with E-state index in [9.17, 15) is 8.42 Å². The molecule has 0 aliphatic carbocycles. The average molecular weight is 315 g/mol. The van der Waals surface area contributed by atoms with Crippen LogP contribution in [0.5, 0.6) is 11.5 Å². The number of aryl methyl sites for hydroxylation is 1. The maximum atomic E-state index is 12.4. The van der Waals surface area contributed by atoms with Crippen LogP contribution < -0.4 is 14.2 Å². The van der Waals surface area contributed by atoms with Gasteiger partial charge in [-0.1, -0.05) is 0 Å². The molecule has 1 atom stereocenters. The molecule has 7 heteroatoms. The molecule has 6 nitrogen and oxygen atoms in total. The maximum Gasteiger partial charge on any atom is 0.241 e. The predicted molar refractivity (Wildman–Crippen MR) is 78.4 cm³/mol. The molecule has 0 saturated carbocycles. The van der Waals surface area contributed by atoms with Crippen molar-refractivity contribution >= 4 is 10.0 Å². The first-order valence-corrected chi connectivity index (χ1v) is 8.30. The summed E-state index contributed by atoms with van der Waals surface area (Å²) in [7, 11) is -0.611. The van der Waals surface area contributed by atoms with E-state index in [0.29, 0.717) is 23.7 Å². The Bertz CT molecular complexity index is 594. The van der Waals surface area contributed by atoms with Gasteiger partial charge in [-0.15, -0.1) is 0 Å². The van der Waals surface area contributed by atoms with Gasteiger partial charge in [0.1, 0.15) is 0 Å². The monoisotopic (exact) mass is 315 g/mol. The lowest BCUT2D eigenvalue weighted by Crippen LogP contribution is -2.32. The maximum absolute atomic E-state index is 12.4. The van der Waals surface area contributed by atoms with Crippen molar-refractivity contribution in [1.82, 2.24) is 4.72 Å². The molecule has 1 aromatic carbocycles. The van der Waals surface area contributed by atoms with Crippen molar-refractivity contribution < 1.29 is 22.6 Å². The first-order valence-electron chi connectivity index (χ1n) is 6.82. The molecular formula is C14H21NO5S. The van der Waals surface area contributed by atoms with Gasteiger partial charge in [-0.2, -0.15) is 0 Å². The molecule has 1 aromatic rings. The Labute approximate surface area is 125 Å². The summed E-state index contributed by atoms with van der Waals surface area (Å²) in [5.41, 5.74) is 0.604. The lowest BCUT2D eigenvalue weighted by Gasteiger charge is -2.15. The smallest absolute Gasteiger partial charge is 0.241 e. The normalized spacial score (nSPS) is 18.7. The summed E-state index contributed by atoms with van der Waals surface area (Å²) >= 11 is 0. The van der Waals surface area contributed by atoms with E-state index in [2.05, 4.69) is 4.72 Å². The minimum absolute atomic E-state index is 0.0415. The zero-order valence-electron chi connectivity index (χ0n) is 12.5. The van der Waals surface area contributed by atoms with Crippen LogP contribution in [-0.4, -0.2) is 41.9 Å². The highest BCUT2D eigenvalue weighted by molar-refractivity contribution is 7.89. The second-order valence-corrected chi connectivity index (χ2v) is 6.69. The van der Waals surface area contributed by atoms with Gasteiger partial charge in [0.15, 0.2) is 11.5 Å². The number of hydrogen-bond donors (Lipinski definition) is 1. The van der Waals surface area contributed by atoms with Gasteiger partial charge in [0.25, 0.3) is 0 Å². The third kappa shape index (κ3) is 3.66. The van der Waals surface area contributed by atoms with Crippen LogP contribution in [0.4, 0.5) is 0 Å². The van der Waals surface area contributed by atoms with Crippen molar-refractivity contribution in [3.05, 3.63) is 17.7 Å². The quantitative estimate of drug-likeness (QED) is 0.860. The Morgan fingerprint density at radius 3 is 2.52 bits per heavy atom. The van der Waals surface area contributed by atoms with Gasteiger partial charge in [-0.25, -0.2) is 13.1 Å². The third-order valence-electron chi connectivity index (χ3n) is 3.50. The summed E-state index contributed by atoms with van der Waals surface area (Å²) in [6.07, 6.45) is 1.81. The Morgan fingerprint density at radius 2 is 1.95 bits per heavy atom. The SMILES string of the molecule is COc1cc(C)c(S(=O)(=O)NCC2CCCO2)cc1OC. The molecule has 0 spiro atoms. The van der Waals surface area contributed by atoms with E-state index in [-0.39, 0.29) is 17.5 Å². The van der Waals surface area contributed by atoms with Crippen LogP contribution in [0.25, 0.3) is 0 Å². The molecule has 0 amide bonds. The van der Waals surface area contributed by atoms with Crippen LogP contribution >= 0.6 is 0 Å². The van der Waals surface area contributed by atoms with E-state index in [0.717, 1.165) is 12.8 Å². The number of ether oxygens (including phenoxy) is 3. The fourth-order valence-electron chi connectivity index (χ4n) is 2.34. The topological polar surface area (TPSA) is 73.9 Å². The van der Waals surface area contributed by atoms with Crippen LogP contribution in [0.1, 0.15) is 18.4 Å². The van der Waals surface area contributed by atoms with Crippen LogP contribution in [-0.2, 0) is 14.8 Å². The molecule has 1 unspecified atom stereocenters. The van der Waals surface area contributed by atoms with Crippen LogP contribution in [0.2, 0.25) is 0 Å². The molecule has 0 aromatic heterocycles. The molecule has 1 saturated heterocycles. The number of nitrogens with one attached hydrogen (secondary N) is 1. The zero-order valence-corrected chi connectivity index (χ0v) is 13.3. The Kier molecular flexibility index (Phi) is 5.08. The first-order chi connectivity index (χ1) is 9.97. The van der Waals surface area contributed by atoms with Crippen LogP contribution in [0, 0.1) is 6.92 Å². The van der Waals surface area contributed by atoms with Crippen molar-refractivity contribution in [2.75, 3.05) is 27.4 Å². The van der Waals surface area contributed by atoms with Gasteiger partial charge in [0.2, 0.25) is 10.0 Å². The van der Waals surface area contributed by atoms with Gasteiger partial charge < -0.3 is 14.2 Å². The summed E-state index contributed by atoms with van der Waals surface area (Å²) in [5, 5.41) is 0. The van der Waals surface area contributed by atoms with Crippen LogP contribution in [0.3, 0.4) is 0 Å². The third-order valence-corrected chi connectivity index (χ3v) is 5.06. The van der Waals surface area contributed by atoms with E-state index in [1.165, 1.54) is 20.3 Å². The molecule has 0 radical (unpaired) electrons. The van der Waals surface area contributed by atoms with E-state index in [1.54, 1.807) is 13.0 Å². The highest BCUT2D eigenvalue weighted by Crippen LogP contribution is 2.32. The second-order valence-electron chi connectivity index (χ2n) is 4.96. The van der Waals surface area contributed by atoms with Crippen molar-refractivity contribution in [1.29, 1.82) is 0 Å². The molecule has 2 rings (SSSR count). The number of hydrogen-bond acceptors (Lipinski definition) is 5. The summed E-state index contributed by atoms with van der Waals surface area (Å²) in [4.78, 5) is 0.193. The molecule has 21 heavy (non-hydrogen) atoms. The van der Waals surface area contributed by atoms with Crippen LogP contribution in [0.15, 0.2) is 17.0 Å². The van der Waals surface area contributed by atoms with Gasteiger partial charge in [0.05, 0.1) is 25.2 Å². The second kappa shape index (κ2) is 6.64. The molecule has 1 aliphatic heterocycles. The number of methoxy groups -OCH3 is 2. The summed E-state index contributed by atoms with van der Waals surface area (Å²) in [6, 6.07) is 3.13. The molecule has 1 N–H and O–H groups in total. The molecule has 1 aliphatic rings. The standard InChI is InChI=1S/C14H21NO5S/c1-10-7-12(18-2)13(19-3)8-14(10)21(16,17)15-9-11-5-4-6-20-11/h7-8,11,15H,4-6,9H2,1-3H3. The predicted octanol–water partition coefficient (Wildman–Crippen LogP) is 1.47. The Morgan fingerprint density at radius 1 is 1.29 bits per heavy atom. The lowest BCUT2D eigenvalue weighted by molar-refractivity contribution is 0.114.